The molecule has 2 heterocycles. The highest BCUT2D eigenvalue weighted by Crippen LogP contribution is 2.14. The molecule has 5 heteroatoms. The van der Waals surface area contributed by atoms with Gasteiger partial charge in [-0.25, -0.2) is 9.67 Å². The predicted octanol–water partition coefficient (Wildman–Crippen LogP) is 1.74. The second-order valence-corrected chi connectivity index (χ2v) is 5.38. The zero-order valence-corrected chi connectivity index (χ0v) is 11.6. The molecule has 0 bridgehead atoms. The maximum absolute atomic E-state index is 4.11. The van der Waals surface area contributed by atoms with Gasteiger partial charge in [0.25, 0.3) is 0 Å². The molecule has 1 saturated heterocycles. The Labute approximate surface area is 119 Å². The summed E-state index contributed by atoms with van der Waals surface area (Å²) in [5.74, 6) is 0.749. The molecule has 20 heavy (non-hydrogen) atoms. The Morgan fingerprint density at radius 2 is 2.20 bits per heavy atom. The third-order valence-corrected chi connectivity index (χ3v) is 3.76. The standard InChI is InChI=1S/C15H21N5/c1-2-14(8-16-7-1)9-18-15-5-3-13(4-6-15)10-20-12-17-11-19-20/h3-6,11-12,14,16,18H,1-2,7-10H2. The minimum atomic E-state index is 0.749. The number of hydrogen-bond acceptors (Lipinski definition) is 4. The Morgan fingerprint density at radius 1 is 1.30 bits per heavy atom. The third-order valence-electron chi connectivity index (χ3n) is 3.76. The summed E-state index contributed by atoms with van der Waals surface area (Å²) in [6, 6.07) is 8.57. The first-order chi connectivity index (χ1) is 9.90. The smallest absolute Gasteiger partial charge is 0.137 e. The highest BCUT2D eigenvalue weighted by atomic mass is 15.3. The van der Waals surface area contributed by atoms with Gasteiger partial charge in [-0.2, -0.15) is 5.10 Å². The van der Waals surface area contributed by atoms with E-state index < -0.39 is 0 Å². The second kappa shape index (κ2) is 6.52. The number of hydrogen-bond donors (Lipinski definition) is 2. The summed E-state index contributed by atoms with van der Waals surface area (Å²) in [6.07, 6.45) is 5.92. The molecule has 0 amide bonds. The van der Waals surface area contributed by atoms with Crippen molar-refractivity contribution in [3.05, 3.63) is 42.5 Å². The van der Waals surface area contributed by atoms with E-state index in [9.17, 15) is 0 Å². The average molecular weight is 271 g/mol. The molecular formula is C15H21N5. The maximum atomic E-state index is 4.11. The summed E-state index contributed by atoms with van der Waals surface area (Å²) in [7, 11) is 0. The molecule has 5 nitrogen and oxygen atoms in total. The Hall–Kier alpha value is -1.88. The summed E-state index contributed by atoms with van der Waals surface area (Å²) in [5.41, 5.74) is 2.43. The monoisotopic (exact) mass is 271 g/mol. The molecule has 1 aliphatic heterocycles. The number of aromatic nitrogens is 3. The lowest BCUT2D eigenvalue weighted by Crippen LogP contribution is -2.33. The van der Waals surface area contributed by atoms with Gasteiger partial charge < -0.3 is 10.6 Å². The molecule has 2 N–H and O–H groups in total. The van der Waals surface area contributed by atoms with Gasteiger partial charge in [-0.05, 0) is 49.5 Å². The molecule has 1 atom stereocenters. The van der Waals surface area contributed by atoms with E-state index in [-0.39, 0.29) is 0 Å². The van der Waals surface area contributed by atoms with Crippen LogP contribution in [0.25, 0.3) is 0 Å². The van der Waals surface area contributed by atoms with Crippen LogP contribution in [0.1, 0.15) is 18.4 Å². The van der Waals surface area contributed by atoms with Crippen molar-refractivity contribution in [2.75, 3.05) is 25.0 Å². The van der Waals surface area contributed by atoms with E-state index >= 15 is 0 Å². The first-order valence-corrected chi connectivity index (χ1v) is 7.26. The summed E-state index contributed by atoms with van der Waals surface area (Å²) in [5, 5.41) is 11.1. The van der Waals surface area contributed by atoms with Crippen molar-refractivity contribution in [1.29, 1.82) is 0 Å². The van der Waals surface area contributed by atoms with Gasteiger partial charge in [0.05, 0.1) is 6.54 Å². The summed E-state index contributed by atoms with van der Waals surface area (Å²) < 4.78 is 1.83. The van der Waals surface area contributed by atoms with Crippen LogP contribution in [-0.2, 0) is 6.54 Å². The van der Waals surface area contributed by atoms with Gasteiger partial charge in [0.2, 0.25) is 0 Å². The summed E-state index contributed by atoms with van der Waals surface area (Å²) in [4.78, 5) is 3.95. The van der Waals surface area contributed by atoms with Crippen LogP contribution in [0.3, 0.4) is 0 Å². The number of anilines is 1. The minimum absolute atomic E-state index is 0.749. The molecule has 1 fully saturated rings. The normalized spacial score (nSPS) is 18.9. The summed E-state index contributed by atoms with van der Waals surface area (Å²) >= 11 is 0. The second-order valence-electron chi connectivity index (χ2n) is 5.38. The SMILES string of the molecule is c1ncn(Cc2ccc(NCC3CCCNC3)cc2)n1. The van der Waals surface area contributed by atoms with E-state index in [1.165, 1.54) is 30.6 Å². The Balaban J connectivity index is 1.50. The van der Waals surface area contributed by atoms with Gasteiger partial charge in [-0.1, -0.05) is 12.1 Å². The molecule has 1 aromatic carbocycles. The molecule has 1 aromatic heterocycles. The molecule has 1 unspecified atom stereocenters. The summed E-state index contributed by atoms with van der Waals surface area (Å²) in [6.45, 7) is 4.13. The van der Waals surface area contributed by atoms with Gasteiger partial charge in [0.15, 0.2) is 0 Å². The molecule has 1 aliphatic rings. The quantitative estimate of drug-likeness (QED) is 0.869. The van der Waals surface area contributed by atoms with Crippen LogP contribution in [0.4, 0.5) is 5.69 Å². The van der Waals surface area contributed by atoms with Crippen molar-refractivity contribution < 1.29 is 0 Å². The van der Waals surface area contributed by atoms with E-state index in [1.807, 2.05) is 4.68 Å². The lowest BCUT2D eigenvalue weighted by atomic mass is 10.00. The van der Waals surface area contributed by atoms with Crippen LogP contribution in [-0.4, -0.2) is 34.4 Å². The minimum Gasteiger partial charge on any atom is -0.385 e. The highest BCUT2D eigenvalue weighted by Gasteiger charge is 2.12. The topological polar surface area (TPSA) is 54.8 Å². The van der Waals surface area contributed by atoms with E-state index in [0.717, 1.165) is 25.6 Å². The number of nitrogens with zero attached hydrogens (tertiary/aromatic N) is 3. The zero-order chi connectivity index (χ0) is 13.6. The fraction of sp³-hybridized carbons (Fsp3) is 0.467. The Kier molecular flexibility index (Phi) is 4.28. The van der Waals surface area contributed by atoms with Gasteiger partial charge in [-0.15, -0.1) is 0 Å². The Bertz CT molecular complexity index is 500. The van der Waals surface area contributed by atoms with Crippen molar-refractivity contribution in [3.63, 3.8) is 0 Å². The fourth-order valence-corrected chi connectivity index (χ4v) is 2.59. The van der Waals surface area contributed by atoms with Gasteiger partial charge in [-0.3, -0.25) is 0 Å². The van der Waals surface area contributed by atoms with Gasteiger partial charge >= 0.3 is 0 Å². The lowest BCUT2D eigenvalue weighted by Gasteiger charge is -2.23. The number of benzene rings is 1. The lowest BCUT2D eigenvalue weighted by molar-refractivity contribution is 0.393. The van der Waals surface area contributed by atoms with Crippen LogP contribution in [0.2, 0.25) is 0 Å². The molecule has 0 saturated carbocycles. The molecule has 2 aromatic rings. The van der Waals surface area contributed by atoms with E-state index in [4.69, 9.17) is 0 Å². The molecule has 0 spiro atoms. The molecule has 0 aliphatic carbocycles. The fourth-order valence-electron chi connectivity index (χ4n) is 2.59. The molecule has 106 valence electrons. The van der Waals surface area contributed by atoms with E-state index in [0.29, 0.717) is 0 Å². The van der Waals surface area contributed by atoms with Crippen molar-refractivity contribution in [3.8, 4) is 0 Å². The first-order valence-electron chi connectivity index (χ1n) is 7.26. The molecule has 0 radical (unpaired) electrons. The van der Waals surface area contributed by atoms with Crippen LogP contribution in [0, 0.1) is 5.92 Å². The highest BCUT2D eigenvalue weighted by molar-refractivity contribution is 5.44. The van der Waals surface area contributed by atoms with E-state index in [2.05, 4.69) is 45.0 Å². The number of nitrogens with one attached hydrogen (secondary N) is 2. The first kappa shape index (κ1) is 13.1. The third kappa shape index (κ3) is 3.57. The van der Waals surface area contributed by atoms with Crippen LogP contribution in [0.5, 0.6) is 0 Å². The van der Waals surface area contributed by atoms with Crippen LogP contribution >= 0.6 is 0 Å². The molecule has 3 rings (SSSR count). The van der Waals surface area contributed by atoms with Crippen molar-refractivity contribution in [2.45, 2.75) is 19.4 Å². The van der Waals surface area contributed by atoms with Crippen LogP contribution < -0.4 is 10.6 Å². The average Bonchev–Trinajstić information content (AvgIpc) is 3.01. The van der Waals surface area contributed by atoms with Gasteiger partial charge in [0.1, 0.15) is 12.7 Å². The Morgan fingerprint density at radius 3 is 2.90 bits per heavy atom. The van der Waals surface area contributed by atoms with Crippen molar-refractivity contribution >= 4 is 5.69 Å². The molecular weight excluding hydrogens is 250 g/mol. The number of rotatable bonds is 5. The van der Waals surface area contributed by atoms with Crippen LogP contribution in [0.15, 0.2) is 36.9 Å². The number of piperidine rings is 1. The van der Waals surface area contributed by atoms with Crippen molar-refractivity contribution in [1.82, 2.24) is 20.1 Å². The van der Waals surface area contributed by atoms with Crippen molar-refractivity contribution in [2.24, 2.45) is 5.92 Å². The maximum Gasteiger partial charge on any atom is 0.137 e. The largest absolute Gasteiger partial charge is 0.385 e. The van der Waals surface area contributed by atoms with E-state index in [1.54, 1.807) is 12.7 Å². The van der Waals surface area contributed by atoms with Gasteiger partial charge in [0, 0.05) is 12.2 Å². The zero-order valence-electron chi connectivity index (χ0n) is 11.6. The predicted molar refractivity (Wildman–Crippen MR) is 79.6 cm³/mol.